The molecule has 8 heteroatoms. The Morgan fingerprint density at radius 3 is 2.89 bits per heavy atom. The number of aromatic nitrogens is 4. The topological polar surface area (TPSA) is 62.1 Å². The predicted octanol–water partition coefficient (Wildman–Crippen LogP) is 4.41. The zero-order valence-corrected chi connectivity index (χ0v) is 15.7. The monoisotopic (exact) mass is 394 g/mol. The Kier molecular flexibility index (Phi) is 4.27. The van der Waals surface area contributed by atoms with E-state index in [2.05, 4.69) is 15.6 Å². The molecule has 0 spiro atoms. The fourth-order valence-corrected chi connectivity index (χ4v) is 4.51. The number of fused-ring (bicyclic) bond motifs is 1. The van der Waals surface area contributed by atoms with Crippen LogP contribution in [0, 0.1) is 0 Å². The van der Waals surface area contributed by atoms with Crippen molar-refractivity contribution < 1.29 is 9.47 Å². The van der Waals surface area contributed by atoms with Gasteiger partial charge in [0.05, 0.1) is 5.69 Å². The van der Waals surface area contributed by atoms with E-state index in [1.807, 2.05) is 53.1 Å². The van der Waals surface area contributed by atoms with Crippen LogP contribution in [0.1, 0.15) is 5.69 Å². The van der Waals surface area contributed by atoms with E-state index in [1.165, 1.54) is 0 Å². The van der Waals surface area contributed by atoms with Crippen LogP contribution in [-0.4, -0.2) is 26.5 Å². The molecule has 6 nitrogen and oxygen atoms in total. The lowest BCUT2D eigenvalue weighted by Gasteiger charge is -2.04. The first kappa shape index (κ1) is 16.3. The van der Waals surface area contributed by atoms with Crippen molar-refractivity contribution in [2.45, 2.75) is 10.9 Å². The van der Waals surface area contributed by atoms with Gasteiger partial charge in [-0.2, -0.15) is 0 Å². The highest BCUT2D eigenvalue weighted by Gasteiger charge is 2.15. The average molecular weight is 394 g/mol. The number of ether oxygens (including phenoxy) is 2. The summed E-state index contributed by atoms with van der Waals surface area (Å²) in [5.41, 5.74) is 3.09. The Hall–Kier alpha value is -2.84. The lowest BCUT2D eigenvalue weighted by Crippen LogP contribution is -1.95. The number of para-hydroxylation sites is 1. The third kappa shape index (κ3) is 3.29. The number of nitrogens with zero attached hydrogens (tertiary/aromatic N) is 4. The molecular formula is C19H14N4O2S2. The maximum atomic E-state index is 5.45. The van der Waals surface area contributed by atoms with Gasteiger partial charge >= 0.3 is 0 Å². The molecule has 2 aromatic heterocycles. The minimum Gasteiger partial charge on any atom is -0.454 e. The minimum absolute atomic E-state index is 0.278. The Morgan fingerprint density at radius 2 is 1.96 bits per heavy atom. The van der Waals surface area contributed by atoms with E-state index in [0.717, 1.165) is 44.4 Å². The molecule has 1 aliphatic rings. The van der Waals surface area contributed by atoms with Crippen molar-refractivity contribution in [3.8, 4) is 27.8 Å². The van der Waals surface area contributed by atoms with Crippen molar-refractivity contribution in [1.29, 1.82) is 0 Å². The Morgan fingerprint density at radius 1 is 1.07 bits per heavy atom. The van der Waals surface area contributed by atoms with Crippen LogP contribution in [0.5, 0.6) is 11.5 Å². The minimum atomic E-state index is 0.278. The molecule has 2 aromatic carbocycles. The van der Waals surface area contributed by atoms with Crippen molar-refractivity contribution in [3.63, 3.8) is 0 Å². The molecule has 0 fully saturated rings. The molecule has 0 bridgehead atoms. The molecule has 5 rings (SSSR count). The predicted molar refractivity (Wildman–Crippen MR) is 105 cm³/mol. The van der Waals surface area contributed by atoms with E-state index < -0.39 is 0 Å². The molecule has 0 radical (unpaired) electrons. The maximum absolute atomic E-state index is 5.45. The molecule has 1 aliphatic heterocycles. The van der Waals surface area contributed by atoms with E-state index in [9.17, 15) is 0 Å². The summed E-state index contributed by atoms with van der Waals surface area (Å²) in [6, 6.07) is 16.0. The quantitative estimate of drug-likeness (QED) is 0.467. The van der Waals surface area contributed by atoms with Crippen molar-refractivity contribution >= 4 is 23.1 Å². The molecule has 0 saturated heterocycles. The van der Waals surface area contributed by atoms with Gasteiger partial charge in [0.25, 0.3) is 0 Å². The number of thiazole rings is 1. The van der Waals surface area contributed by atoms with Crippen LogP contribution < -0.4 is 9.47 Å². The third-order valence-corrected chi connectivity index (χ3v) is 5.99. The van der Waals surface area contributed by atoms with E-state index in [-0.39, 0.29) is 6.79 Å². The normalized spacial score (nSPS) is 12.4. The number of hydrogen-bond donors (Lipinski definition) is 0. The molecule has 3 heterocycles. The van der Waals surface area contributed by atoms with Crippen LogP contribution in [0.15, 0.2) is 65.4 Å². The standard InChI is InChI=1S/C19H14N4O2S2/c1-2-4-15(5-3-1)23-11-20-22-19(23)27-10-14-9-26-18(21-14)13-6-7-16-17(8-13)25-12-24-16/h1-9,11H,10,12H2. The van der Waals surface area contributed by atoms with Gasteiger partial charge in [0, 0.05) is 22.4 Å². The molecule has 134 valence electrons. The third-order valence-electron chi connectivity index (χ3n) is 4.07. The highest BCUT2D eigenvalue weighted by molar-refractivity contribution is 7.98. The summed E-state index contributed by atoms with van der Waals surface area (Å²) in [5.74, 6) is 2.29. The Bertz CT molecular complexity index is 1080. The fourth-order valence-electron chi connectivity index (χ4n) is 2.76. The van der Waals surface area contributed by atoms with Crippen LogP contribution in [0.3, 0.4) is 0 Å². The van der Waals surface area contributed by atoms with Gasteiger partial charge in [-0.15, -0.1) is 21.5 Å². The van der Waals surface area contributed by atoms with Crippen LogP contribution in [0.2, 0.25) is 0 Å². The molecule has 4 aromatic rings. The average Bonchev–Trinajstić information content (AvgIpc) is 3.46. The zero-order chi connectivity index (χ0) is 18.1. The van der Waals surface area contributed by atoms with E-state index in [0.29, 0.717) is 0 Å². The van der Waals surface area contributed by atoms with Crippen LogP contribution in [0.25, 0.3) is 16.3 Å². The van der Waals surface area contributed by atoms with Gasteiger partial charge in [-0.3, -0.25) is 4.57 Å². The summed E-state index contributed by atoms with van der Waals surface area (Å²) in [5, 5.41) is 12.2. The number of thioether (sulfide) groups is 1. The second kappa shape index (κ2) is 7.05. The Labute approximate surface area is 163 Å². The summed E-state index contributed by atoms with van der Waals surface area (Å²) >= 11 is 3.24. The maximum Gasteiger partial charge on any atom is 0.231 e. The lowest BCUT2D eigenvalue weighted by molar-refractivity contribution is 0.174. The van der Waals surface area contributed by atoms with Crippen molar-refractivity contribution in [1.82, 2.24) is 19.7 Å². The molecule has 0 saturated carbocycles. The van der Waals surface area contributed by atoms with Gasteiger partial charge in [-0.05, 0) is 30.3 Å². The van der Waals surface area contributed by atoms with Gasteiger partial charge in [0.1, 0.15) is 11.3 Å². The molecular weight excluding hydrogens is 380 g/mol. The van der Waals surface area contributed by atoms with E-state index >= 15 is 0 Å². The summed E-state index contributed by atoms with van der Waals surface area (Å²) in [4.78, 5) is 4.75. The molecule has 0 aliphatic carbocycles. The van der Waals surface area contributed by atoms with Gasteiger partial charge in [-0.1, -0.05) is 30.0 Å². The van der Waals surface area contributed by atoms with Crippen LogP contribution in [0.4, 0.5) is 0 Å². The van der Waals surface area contributed by atoms with Gasteiger partial charge in [0.15, 0.2) is 16.7 Å². The molecule has 0 atom stereocenters. The molecule has 0 unspecified atom stereocenters. The summed E-state index contributed by atoms with van der Waals surface area (Å²) in [6.07, 6.45) is 1.73. The first-order valence-corrected chi connectivity index (χ1v) is 10.2. The molecule has 27 heavy (non-hydrogen) atoms. The second-order valence-corrected chi connectivity index (χ2v) is 7.62. The van der Waals surface area contributed by atoms with Gasteiger partial charge in [0.2, 0.25) is 6.79 Å². The van der Waals surface area contributed by atoms with Crippen molar-refractivity contribution in [2.24, 2.45) is 0 Å². The summed E-state index contributed by atoms with van der Waals surface area (Å²) in [6.45, 7) is 0.278. The number of benzene rings is 2. The largest absolute Gasteiger partial charge is 0.454 e. The highest BCUT2D eigenvalue weighted by atomic mass is 32.2. The second-order valence-electron chi connectivity index (χ2n) is 5.82. The van der Waals surface area contributed by atoms with Crippen LogP contribution >= 0.6 is 23.1 Å². The number of rotatable bonds is 5. The molecule has 0 N–H and O–H groups in total. The SMILES string of the molecule is c1ccc(-n2cnnc2SCc2csc(-c3ccc4c(c3)OCO4)n2)cc1. The zero-order valence-electron chi connectivity index (χ0n) is 14.1. The molecule has 0 amide bonds. The van der Waals surface area contributed by atoms with Crippen molar-refractivity contribution in [3.05, 3.63) is 65.9 Å². The highest BCUT2D eigenvalue weighted by Crippen LogP contribution is 2.37. The number of hydrogen-bond acceptors (Lipinski definition) is 7. The Balaban J connectivity index is 1.32. The first-order valence-electron chi connectivity index (χ1n) is 8.29. The van der Waals surface area contributed by atoms with Gasteiger partial charge < -0.3 is 9.47 Å². The summed E-state index contributed by atoms with van der Waals surface area (Å²) in [7, 11) is 0. The lowest BCUT2D eigenvalue weighted by atomic mass is 10.2. The van der Waals surface area contributed by atoms with Crippen molar-refractivity contribution in [2.75, 3.05) is 6.79 Å². The van der Waals surface area contributed by atoms with E-state index in [4.69, 9.17) is 14.5 Å². The fraction of sp³-hybridized carbons (Fsp3) is 0.105. The first-order chi connectivity index (χ1) is 13.4. The van der Waals surface area contributed by atoms with E-state index in [1.54, 1.807) is 29.4 Å². The van der Waals surface area contributed by atoms with Crippen LogP contribution in [-0.2, 0) is 5.75 Å². The smallest absolute Gasteiger partial charge is 0.231 e. The van der Waals surface area contributed by atoms with Gasteiger partial charge in [-0.25, -0.2) is 4.98 Å². The summed E-state index contributed by atoms with van der Waals surface area (Å²) < 4.78 is 12.8.